The second-order valence-electron chi connectivity index (χ2n) is 5.46. The van der Waals surface area contributed by atoms with Gasteiger partial charge in [-0.1, -0.05) is 29.8 Å². The van der Waals surface area contributed by atoms with Gasteiger partial charge in [0.05, 0.1) is 6.07 Å². The van der Waals surface area contributed by atoms with Crippen molar-refractivity contribution in [1.29, 1.82) is 5.26 Å². The van der Waals surface area contributed by atoms with Crippen LogP contribution in [-0.4, -0.2) is 23.5 Å². The summed E-state index contributed by atoms with van der Waals surface area (Å²) in [5.74, 6) is 0. The third-order valence-corrected chi connectivity index (χ3v) is 3.38. The first kappa shape index (κ1) is 15.7. The lowest BCUT2D eigenvalue weighted by atomic mass is 9.96. The van der Waals surface area contributed by atoms with E-state index in [0.717, 1.165) is 6.54 Å². The van der Waals surface area contributed by atoms with E-state index in [-0.39, 0.29) is 12.1 Å². The van der Waals surface area contributed by atoms with Crippen LogP contribution in [-0.2, 0) is 0 Å². The summed E-state index contributed by atoms with van der Waals surface area (Å²) in [6.07, 6.45) is 0.535. The molecule has 0 aliphatic rings. The topological polar surface area (TPSA) is 53.0 Å². The second kappa shape index (κ2) is 7.28. The monoisotopic (exact) mass is 259 g/mol. The molecule has 0 amide bonds. The van der Waals surface area contributed by atoms with Crippen molar-refractivity contribution >= 4 is 0 Å². The van der Waals surface area contributed by atoms with E-state index in [4.69, 9.17) is 11.0 Å². The molecule has 2 atom stereocenters. The fourth-order valence-corrected chi connectivity index (χ4v) is 2.55. The predicted octanol–water partition coefficient (Wildman–Crippen LogP) is 3.01. The molecule has 0 spiro atoms. The van der Waals surface area contributed by atoms with Crippen LogP contribution in [0.3, 0.4) is 0 Å². The molecule has 19 heavy (non-hydrogen) atoms. The zero-order valence-corrected chi connectivity index (χ0v) is 12.4. The van der Waals surface area contributed by atoms with Crippen LogP contribution in [0.15, 0.2) is 24.3 Å². The number of nitrogens with two attached hydrogens (primary N) is 1. The standard InChI is InChI=1S/C16H25N3/c1-12(2)19(10-6-9-17)16(14(4)18)15-8-5-7-13(3)11-15/h5,7-8,11-12,14,16H,6,10,18H2,1-4H3. The fraction of sp³-hybridized carbons (Fsp3) is 0.562. The zero-order valence-electron chi connectivity index (χ0n) is 12.4. The van der Waals surface area contributed by atoms with Crippen molar-refractivity contribution in [3.8, 4) is 6.07 Å². The lowest BCUT2D eigenvalue weighted by Gasteiger charge is -2.37. The quantitative estimate of drug-likeness (QED) is 0.854. The smallest absolute Gasteiger partial charge is 0.0635 e. The maximum absolute atomic E-state index is 8.82. The van der Waals surface area contributed by atoms with Gasteiger partial charge < -0.3 is 5.73 Å². The molecular formula is C16H25N3. The first-order valence-electron chi connectivity index (χ1n) is 6.92. The molecule has 0 aliphatic carbocycles. The predicted molar refractivity (Wildman–Crippen MR) is 79.6 cm³/mol. The van der Waals surface area contributed by atoms with Crippen LogP contribution in [0.1, 0.15) is 44.4 Å². The minimum atomic E-state index is 0.0305. The fourth-order valence-electron chi connectivity index (χ4n) is 2.55. The molecule has 2 N–H and O–H groups in total. The van der Waals surface area contributed by atoms with Crippen molar-refractivity contribution < 1.29 is 0 Å². The van der Waals surface area contributed by atoms with Gasteiger partial charge in [-0.2, -0.15) is 5.26 Å². The van der Waals surface area contributed by atoms with E-state index in [1.165, 1.54) is 11.1 Å². The van der Waals surface area contributed by atoms with Crippen LogP contribution in [0.25, 0.3) is 0 Å². The Morgan fingerprint density at radius 1 is 1.32 bits per heavy atom. The maximum Gasteiger partial charge on any atom is 0.0635 e. The Bertz CT molecular complexity index is 432. The summed E-state index contributed by atoms with van der Waals surface area (Å²) < 4.78 is 0. The van der Waals surface area contributed by atoms with Gasteiger partial charge in [-0.05, 0) is 33.3 Å². The molecule has 0 heterocycles. The van der Waals surface area contributed by atoms with E-state index >= 15 is 0 Å². The maximum atomic E-state index is 8.82. The van der Waals surface area contributed by atoms with Crippen molar-refractivity contribution in [1.82, 2.24) is 4.90 Å². The Hall–Kier alpha value is -1.37. The Morgan fingerprint density at radius 3 is 2.47 bits per heavy atom. The normalized spacial score (nSPS) is 14.4. The number of rotatable bonds is 6. The molecule has 3 nitrogen and oxygen atoms in total. The van der Waals surface area contributed by atoms with Gasteiger partial charge >= 0.3 is 0 Å². The third kappa shape index (κ3) is 4.34. The van der Waals surface area contributed by atoms with Crippen molar-refractivity contribution in [2.45, 2.75) is 52.2 Å². The molecule has 0 saturated heterocycles. The molecular weight excluding hydrogens is 234 g/mol. The Balaban J connectivity index is 3.07. The summed E-state index contributed by atoms with van der Waals surface area (Å²) in [5.41, 5.74) is 8.68. The summed E-state index contributed by atoms with van der Waals surface area (Å²) in [7, 11) is 0. The van der Waals surface area contributed by atoms with Crippen LogP contribution in [0.4, 0.5) is 0 Å². The van der Waals surface area contributed by atoms with Crippen LogP contribution < -0.4 is 5.73 Å². The molecule has 0 fully saturated rings. The van der Waals surface area contributed by atoms with Gasteiger partial charge in [0.1, 0.15) is 0 Å². The largest absolute Gasteiger partial charge is 0.326 e. The zero-order chi connectivity index (χ0) is 14.4. The highest BCUT2D eigenvalue weighted by atomic mass is 15.2. The lowest BCUT2D eigenvalue weighted by Crippen LogP contribution is -2.43. The molecule has 0 saturated carbocycles. The van der Waals surface area contributed by atoms with Crippen LogP contribution in [0.5, 0.6) is 0 Å². The van der Waals surface area contributed by atoms with Gasteiger partial charge in [0.25, 0.3) is 0 Å². The van der Waals surface area contributed by atoms with E-state index in [9.17, 15) is 0 Å². The van der Waals surface area contributed by atoms with E-state index in [2.05, 4.69) is 56.0 Å². The van der Waals surface area contributed by atoms with Gasteiger partial charge in [-0.25, -0.2) is 0 Å². The third-order valence-electron chi connectivity index (χ3n) is 3.38. The highest BCUT2D eigenvalue weighted by molar-refractivity contribution is 5.26. The molecule has 0 bridgehead atoms. The first-order valence-corrected chi connectivity index (χ1v) is 6.92. The number of benzene rings is 1. The SMILES string of the molecule is Cc1cccc(C(C(C)N)N(CCC#N)C(C)C)c1. The number of nitriles is 1. The molecule has 104 valence electrons. The molecule has 0 aromatic heterocycles. The van der Waals surface area contributed by atoms with Crippen LogP contribution in [0.2, 0.25) is 0 Å². The molecule has 1 aromatic carbocycles. The van der Waals surface area contributed by atoms with Gasteiger partial charge in [0.2, 0.25) is 0 Å². The van der Waals surface area contributed by atoms with Gasteiger partial charge in [0, 0.05) is 31.1 Å². The van der Waals surface area contributed by atoms with Crippen LogP contribution in [0, 0.1) is 18.3 Å². The Kier molecular flexibility index (Phi) is 6.01. The van der Waals surface area contributed by atoms with E-state index in [1.54, 1.807) is 0 Å². The minimum absolute atomic E-state index is 0.0305. The molecule has 0 aliphatic heterocycles. The molecule has 2 unspecified atom stereocenters. The van der Waals surface area contributed by atoms with Crippen LogP contribution >= 0.6 is 0 Å². The van der Waals surface area contributed by atoms with E-state index in [0.29, 0.717) is 12.5 Å². The second-order valence-corrected chi connectivity index (χ2v) is 5.46. The average molecular weight is 259 g/mol. The average Bonchev–Trinajstić information content (AvgIpc) is 2.33. The van der Waals surface area contributed by atoms with Gasteiger partial charge in [0.15, 0.2) is 0 Å². The van der Waals surface area contributed by atoms with Crippen molar-refractivity contribution in [3.63, 3.8) is 0 Å². The Morgan fingerprint density at radius 2 is 2.00 bits per heavy atom. The molecule has 1 rings (SSSR count). The molecule has 1 aromatic rings. The van der Waals surface area contributed by atoms with Crippen molar-refractivity contribution in [2.75, 3.05) is 6.54 Å². The number of aryl methyl sites for hydroxylation is 1. The number of nitrogens with zero attached hydrogens (tertiary/aromatic N) is 2. The van der Waals surface area contributed by atoms with E-state index < -0.39 is 0 Å². The van der Waals surface area contributed by atoms with Crippen molar-refractivity contribution in [3.05, 3.63) is 35.4 Å². The summed E-state index contributed by atoms with van der Waals surface area (Å²) in [5, 5.41) is 8.82. The minimum Gasteiger partial charge on any atom is -0.326 e. The highest BCUT2D eigenvalue weighted by Gasteiger charge is 2.25. The van der Waals surface area contributed by atoms with E-state index in [1.807, 2.05) is 6.92 Å². The summed E-state index contributed by atoms with van der Waals surface area (Å²) in [4.78, 5) is 2.32. The number of hydrogen-bond donors (Lipinski definition) is 1. The summed E-state index contributed by atoms with van der Waals surface area (Å²) >= 11 is 0. The Labute approximate surface area is 117 Å². The molecule has 3 heteroatoms. The summed E-state index contributed by atoms with van der Waals surface area (Å²) in [6.45, 7) is 9.20. The molecule has 0 radical (unpaired) electrons. The highest BCUT2D eigenvalue weighted by Crippen LogP contribution is 2.26. The summed E-state index contributed by atoms with van der Waals surface area (Å²) in [6, 6.07) is 11.3. The lowest BCUT2D eigenvalue weighted by molar-refractivity contribution is 0.139. The van der Waals surface area contributed by atoms with Crippen molar-refractivity contribution in [2.24, 2.45) is 5.73 Å². The van der Waals surface area contributed by atoms with Gasteiger partial charge in [-0.3, -0.25) is 4.90 Å². The number of hydrogen-bond acceptors (Lipinski definition) is 3. The van der Waals surface area contributed by atoms with Gasteiger partial charge in [-0.15, -0.1) is 0 Å². The first-order chi connectivity index (χ1) is 8.97.